The lowest BCUT2D eigenvalue weighted by atomic mass is 9.64. The zero-order valence-electron chi connectivity index (χ0n) is 16.2. The predicted molar refractivity (Wildman–Crippen MR) is 114 cm³/mol. The second-order valence-electron chi connectivity index (χ2n) is 8.48. The van der Waals surface area contributed by atoms with Gasteiger partial charge in [-0.25, -0.2) is 0 Å². The van der Waals surface area contributed by atoms with Crippen molar-refractivity contribution >= 4 is 5.69 Å². The second-order valence-corrected chi connectivity index (χ2v) is 8.48. The second kappa shape index (κ2) is 6.27. The van der Waals surface area contributed by atoms with Gasteiger partial charge in [0.05, 0.1) is 0 Å². The summed E-state index contributed by atoms with van der Waals surface area (Å²) in [6, 6.07) is 31.6. The van der Waals surface area contributed by atoms with Gasteiger partial charge >= 0.3 is 0 Å². The molecule has 2 aliphatic rings. The van der Waals surface area contributed by atoms with Crippen molar-refractivity contribution < 1.29 is 0 Å². The summed E-state index contributed by atoms with van der Waals surface area (Å²) in [5.74, 6) is 1.73. The summed E-state index contributed by atoms with van der Waals surface area (Å²) >= 11 is 0. The molecule has 0 radical (unpaired) electrons. The molecule has 0 bridgehead atoms. The molecular weight excluding hydrogens is 326 g/mol. The van der Waals surface area contributed by atoms with E-state index in [1.54, 1.807) is 5.56 Å². The molecular formula is C26H27N. The number of anilines is 1. The normalized spacial score (nSPS) is 29.3. The Balaban J connectivity index is 1.76. The van der Waals surface area contributed by atoms with Gasteiger partial charge in [0.25, 0.3) is 0 Å². The third-order valence-electron chi connectivity index (χ3n) is 7.03. The molecule has 0 N–H and O–H groups in total. The van der Waals surface area contributed by atoms with Crippen LogP contribution in [0.4, 0.5) is 5.69 Å². The molecule has 4 unspecified atom stereocenters. The predicted octanol–water partition coefficient (Wildman–Crippen LogP) is 5.98. The van der Waals surface area contributed by atoms with Gasteiger partial charge in [-0.3, -0.25) is 0 Å². The maximum absolute atomic E-state index is 2.49. The summed E-state index contributed by atoms with van der Waals surface area (Å²) in [6.07, 6.45) is 1.24. The van der Waals surface area contributed by atoms with Crippen molar-refractivity contribution in [3.05, 3.63) is 102 Å². The topological polar surface area (TPSA) is 3.24 Å². The molecule has 1 spiro atoms. The summed E-state index contributed by atoms with van der Waals surface area (Å²) in [5, 5.41) is 0. The Hall–Kier alpha value is -2.54. The van der Waals surface area contributed by atoms with Crippen LogP contribution in [0.15, 0.2) is 84.9 Å². The first kappa shape index (κ1) is 16.6. The number of hydrogen-bond acceptors (Lipinski definition) is 1. The molecule has 1 aliphatic heterocycles. The fourth-order valence-electron chi connectivity index (χ4n) is 6.17. The molecule has 27 heavy (non-hydrogen) atoms. The standard InChI is InChI=1S/C26H27N/c1-19-17-23(20-11-5-3-6-12-20)26(25(19)21-13-7-4-8-14-21)18-27(2)24-16-10-9-15-22(24)26/h3-16,19,23,25H,17-18H2,1-2H3. The van der Waals surface area contributed by atoms with E-state index in [1.807, 2.05) is 0 Å². The van der Waals surface area contributed by atoms with Crippen LogP contribution in [-0.4, -0.2) is 13.6 Å². The van der Waals surface area contributed by atoms with Crippen LogP contribution in [0.3, 0.4) is 0 Å². The summed E-state index contributed by atoms with van der Waals surface area (Å²) in [6.45, 7) is 3.55. The number of rotatable bonds is 2. The van der Waals surface area contributed by atoms with Gasteiger partial charge in [-0.1, -0.05) is 85.8 Å². The fraction of sp³-hybridized carbons (Fsp3) is 0.308. The lowest BCUT2D eigenvalue weighted by Gasteiger charge is -2.39. The lowest BCUT2D eigenvalue weighted by molar-refractivity contribution is 0.356. The Morgan fingerprint density at radius 2 is 1.37 bits per heavy atom. The van der Waals surface area contributed by atoms with Crippen molar-refractivity contribution in [1.82, 2.24) is 0 Å². The minimum absolute atomic E-state index is 0.132. The van der Waals surface area contributed by atoms with Gasteiger partial charge in [0, 0.05) is 24.7 Å². The molecule has 0 amide bonds. The molecule has 1 fully saturated rings. The average molecular weight is 354 g/mol. The van der Waals surface area contributed by atoms with Gasteiger partial charge < -0.3 is 4.90 Å². The first-order valence-corrected chi connectivity index (χ1v) is 10.1. The van der Waals surface area contributed by atoms with E-state index in [9.17, 15) is 0 Å². The molecule has 1 saturated carbocycles. The summed E-state index contributed by atoms with van der Waals surface area (Å²) < 4.78 is 0. The number of hydrogen-bond donors (Lipinski definition) is 0. The minimum atomic E-state index is 0.132. The lowest BCUT2D eigenvalue weighted by Crippen LogP contribution is -2.39. The zero-order valence-corrected chi connectivity index (χ0v) is 16.2. The first-order valence-electron chi connectivity index (χ1n) is 10.1. The number of fused-ring (bicyclic) bond motifs is 2. The summed E-state index contributed by atoms with van der Waals surface area (Å²) in [7, 11) is 2.26. The largest absolute Gasteiger partial charge is 0.373 e. The van der Waals surface area contributed by atoms with E-state index in [2.05, 4.69) is 104 Å². The van der Waals surface area contributed by atoms with Gasteiger partial charge in [0.1, 0.15) is 0 Å². The molecule has 3 aromatic carbocycles. The Kier molecular flexibility index (Phi) is 3.86. The molecule has 136 valence electrons. The van der Waals surface area contributed by atoms with Crippen LogP contribution in [0, 0.1) is 5.92 Å². The van der Waals surface area contributed by atoms with Crippen molar-refractivity contribution in [3.8, 4) is 0 Å². The van der Waals surface area contributed by atoms with Crippen molar-refractivity contribution in [2.24, 2.45) is 5.92 Å². The third-order valence-corrected chi connectivity index (χ3v) is 7.03. The average Bonchev–Trinajstić information content (AvgIpc) is 3.18. The molecule has 1 heteroatoms. The Bertz CT molecular complexity index is 933. The summed E-state index contributed by atoms with van der Waals surface area (Å²) in [4.78, 5) is 2.49. The van der Waals surface area contributed by atoms with Gasteiger partial charge in [-0.05, 0) is 46.9 Å². The van der Waals surface area contributed by atoms with E-state index < -0.39 is 0 Å². The van der Waals surface area contributed by atoms with E-state index >= 15 is 0 Å². The molecule has 3 aromatic rings. The molecule has 5 rings (SSSR count). The van der Waals surface area contributed by atoms with Crippen LogP contribution < -0.4 is 4.90 Å². The highest BCUT2D eigenvalue weighted by Gasteiger charge is 2.59. The van der Waals surface area contributed by atoms with E-state index in [-0.39, 0.29) is 5.41 Å². The fourth-order valence-corrected chi connectivity index (χ4v) is 6.17. The van der Waals surface area contributed by atoms with Gasteiger partial charge in [0.15, 0.2) is 0 Å². The highest BCUT2D eigenvalue weighted by atomic mass is 15.1. The van der Waals surface area contributed by atoms with E-state index in [4.69, 9.17) is 0 Å². The summed E-state index contributed by atoms with van der Waals surface area (Å²) in [5.41, 5.74) is 6.07. The molecule has 1 heterocycles. The Morgan fingerprint density at radius 3 is 2.07 bits per heavy atom. The van der Waals surface area contributed by atoms with Gasteiger partial charge in [-0.15, -0.1) is 0 Å². The van der Waals surface area contributed by atoms with E-state index in [1.165, 1.54) is 23.2 Å². The van der Waals surface area contributed by atoms with Crippen LogP contribution in [0.5, 0.6) is 0 Å². The maximum Gasteiger partial charge on any atom is 0.0403 e. The monoisotopic (exact) mass is 353 g/mol. The van der Waals surface area contributed by atoms with Crippen LogP contribution in [0.2, 0.25) is 0 Å². The molecule has 4 atom stereocenters. The van der Waals surface area contributed by atoms with Gasteiger partial charge in [-0.2, -0.15) is 0 Å². The number of likely N-dealkylation sites (N-methyl/N-ethyl adjacent to an activating group) is 1. The van der Waals surface area contributed by atoms with E-state index in [0.717, 1.165) is 6.54 Å². The highest BCUT2D eigenvalue weighted by Crippen LogP contribution is 2.64. The Labute approximate surface area is 162 Å². The smallest absolute Gasteiger partial charge is 0.0403 e. The van der Waals surface area contributed by atoms with Crippen LogP contribution in [0.25, 0.3) is 0 Å². The minimum Gasteiger partial charge on any atom is -0.373 e. The van der Waals surface area contributed by atoms with Crippen LogP contribution in [0.1, 0.15) is 41.9 Å². The van der Waals surface area contributed by atoms with Crippen LogP contribution in [-0.2, 0) is 5.41 Å². The molecule has 0 saturated heterocycles. The van der Waals surface area contributed by atoms with Crippen LogP contribution >= 0.6 is 0 Å². The van der Waals surface area contributed by atoms with Crippen molar-refractivity contribution in [2.45, 2.75) is 30.6 Å². The zero-order chi connectivity index (χ0) is 18.4. The maximum atomic E-state index is 2.49. The van der Waals surface area contributed by atoms with Crippen molar-refractivity contribution in [2.75, 3.05) is 18.5 Å². The van der Waals surface area contributed by atoms with Gasteiger partial charge in [0.2, 0.25) is 0 Å². The molecule has 1 aliphatic carbocycles. The highest BCUT2D eigenvalue weighted by molar-refractivity contribution is 5.66. The molecule has 0 aromatic heterocycles. The van der Waals surface area contributed by atoms with Crippen molar-refractivity contribution in [1.29, 1.82) is 0 Å². The third kappa shape index (κ3) is 2.37. The quantitative estimate of drug-likeness (QED) is 0.547. The Morgan fingerprint density at radius 1 is 0.778 bits per heavy atom. The van der Waals surface area contributed by atoms with E-state index in [0.29, 0.717) is 17.8 Å². The first-order chi connectivity index (χ1) is 13.2. The number of para-hydroxylation sites is 1. The van der Waals surface area contributed by atoms with Crippen molar-refractivity contribution in [3.63, 3.8) is 0 Å². The number of nitrogens with zero attached hydrogens (tertiary/aromatic N) is 1. The SMILES string of the molecule is CC1CC(c2ccccc2)C2(CN(C)c3ccccc32)C1c1ccccc1. The number of benzene rings is 3. The molecule has 1 nitrogen and oxygen atoms in total.